The summed E-state index contributed by atoms with van der Waals surface area (Å²) in [5, 5.41) is 0.154. The van der Waals surface area contributed by atoms with Crippen LogP contribution in [0.5, 0.6) is 11.5 Å². The normalized spacial score (nSPS) is 12.0. The molecule has 5 nitrogen and oxygen atoms in total. The van der Waals surface area contributed by atoms with Crippen LogP contribution in [0.25, 0.3) is 22.8 Å². The molecule has 0 N–H and O–H groups in total. The fourth-order valence-electron chi connectivity index (χ4n) is 2.61. The van der Waals surface area contributed by atoms with E-state index in [4.69, 9.17) is 21.1 Å². The largest absolute Gasteiger partial charge is 0.493 e. The van der Waals surface area contributed by atoms with Crippen LogP contribution < -0.4 is 9.47 Å². The van der Waals surface area contributed by atoms with Crippen LogP contribution in [0.3, 0.4) is 0 Å². The Labute approximate surface area is 189 Å². The highest BCUT2D eigenvalue weighted by Crippen LogP contribution is 2.26. The smallest absolute Gasteiger partial charge is 0.226 e. The number of aromatic nitrogens is 3. The third kappa shape index (κ3) is 7.21. The van der Waals surface area contributed by atoms with E-state index in [1.54, 1.807) is 0 Å². The second-order valence-corrected chi connectivity index (χ2v) is 10.3. The zero-order valence-corrected chi connectivity index (χ0v) is 19.8. The summed E-state index contributed by atoms with van der Waals surface area (Å²) in [4.78, 5) is 13.2. The van der Waals surface area contributed by atoms with Crippen molar-refractivity contribution >= 4 is 11.6 Å². The van der Waals surface area contributed by atoms with Gasteiger partial charge in [-0.1, -0.05) is 41.5 Å². The predicted octanol–water partition coefficient (Wildman–Crippen LogP) is 6.71. The molecule has 0 aliphatic carbocycles. The van der Waals surface area contributed by atoms with Gasteiger partial charge in [0.25, 0.3) is 0 Å². The molecule has 0 saturated carbocycles. The van der Waals surface area contributed by atoms with E-state index >= 15 is 0 Å². The number of nitrogens with zero attached hydrogens (tertiary/aromatic N) is 3. The van der Waals surface area contributed by atoms with Crippen LogP contribution in [0.1, 0.15) is 41.5 Å². The van der Waals surface area contributed by atoms with Crippen LogP contribution in [-0.4, -0.2) is 28.2 Å². The summed E-state index contributed by atoms with van der Waals surface area (Å²) in [7, 11) is 0. The van der Waals surface area contributed by atoms with Gasteiger partial charge >= 0.3 is 0 Å². The van der Waals surface area contributed by atoms with E-state index in [0.717, 1.165) is 22.6 Å². The van der Waals surface area contributed by atoms with Gasteiger partial charge in [-0.2, -0.15) is 9.97 Å². The van der Waals surface area contributed by atoms with Crippen molar-refractivity contribution in [1.29, 1.82) is 0 Å². The Morgan fingerprint density at radius 2 is 0.968 bits per heavy atom. The first kappa shape index (κ1) is 23.0. The third-order valence-corrected chi connectivity index (χ3v) is 4.35. The number of hydrogen-bond acceptors (Lipinski definition) is 5. The molecule has 0 amide bonds. The number of halogens is 1. The molecule has 0 atom stereocenters. The van der Waals surface area contributed by atoms with Gasteiger partial charge in [-0.05, 0) is 71.0 Å². The van der Waals surface area contributed by atoms with Crippen molar-refractivity contribution in [2.45, 2.75) is 41.5 Å². The lowest BCUT2D eigenvalue weighted by atomic mass is 9.99. The molecule has 31 heavy (non-hydrogen) atoms. The van der Waals surface area contributed by atoms with E-state index in [2.05, 4.69) is 56.5 Å². The monoisotopic (exact) mass is 439 g/mol. The first-order valence-corrected chi connectivity index (χ1v) is 10.7. The van der Waals surface area contributed by atoms with Gasteiger partial charge in [0.1, 0.15) is 11.5 Å². The Kier molecular flexibility index (Phi) is 6.85. The van der Waals surface area contributed by atoms with Gasteiger partial charge in [0.2, 0.25) is 5.28 Å². The minimum atomic E-state index is 0.0998. The topological polar surface area (TPSA) is 57.1 Å². The van der Waals surface area contributed by atoms with E-state index in [-0.39, 0.29) is 16.1 Å². The van der Waals surface area contributed by atoms with Gasteiger partial charge < -0.3 is 9.47 Å². The highest BCUT2D eigenvalue weighted by Gasteiger charge is 2.14. The van der Waals surface area contributed by atoms with E-state index in [1.807, 2.05) is 48.5 Å². The first-order chi connectivity index (χ1) is 14.5. The molecule has 0 fully saturated rings. The Morgan fingerprint density at radius 1 is 0.613 bits per heavy atom. The molecule has 0 radical (unpaired) electrons. The Hall–Kier alpha value is -2.66. The fourth-order valence-corrected chi connectivity index (χ4v) is 2.77. The van der Waals surface area contributed by atoms with Gasteiger partial charge in [-0.15, -0.1) is 0 Å². The minimum absolute atomic E-state index is 0.0998. The molecule has 164 valence electrons. The lowest BCUT2D eigenvalue weighted by Gasteiger charge is -2.19. The predicted molar refractivity (Wildman–Crippen MR) is 126 cm³/mol. The molecule has 0 bridgehead atoms. The van der Waals surface area contributed by atoms with Gasteiger partial charge in [0, 0.05) is 11.1 Å². The maximum atomic E-state index is 6.20. The van der Waals surface area contributed by atoms with Crippen molar-refractivity contribution in [3.63, 3.8) is 0 Å². The molecule has 0 spiro atoms. The molecule has 6 heteroatoms. The summed E-state index contributed by atoms with van der Waals surface area (Å²) >= 11 is 6.20. The van der Waals surface area contributed by atoms with Crippen LogP contribution in [-0.2, 0) is 0 Å². The lowest BCUT2D eigenvalue weighted by molar-refractivity contribution is 0.198. The molecule has 0 unspecified atom stereocenters. The van der Waals surface area contributed by atoms with Gasteiger partial charge in [0.15, 0.2) is 11.6 Å². The van der Waals surface area contributed by atoms with Crippen LogP contribution >= 0.6 is 11.6 Å². The fraction of sp³-hybridized carbons (Fsp3) is 0.400. The number of benzene rings is 2. The minimum Gasteiger partial charge on any atom is -0.493 e. The summed E-state index contributed by atoms with van der Waals surface area (Å²) in [6, 6.07) is 15.4. The van der Waals surface area contributed by atoms with Crippen molar-refractivity contribution in [3.8, 4) is 34.3 Å². The van der Waals surface area contributed by atoms with Crippen molar-refractivity contribution in [2.24, 2.45) is 10.8 Å². The summed E-state index contributed by atoms with van der Waals surface area (Å²) in [5.74, 6) is 2.66. The van der Waals surface area contributed by atoms with Crippen molar-refractivity contribution in [3.05, 3.63) is 53.8 Å². The van der Waals surface area contributed by atoms with E-state index < -0.39 is 0 Å². The quantitative estimate of drug-likeness (QED) is 0.427. The Morgan fingerprint density at radius 3 is 1.29 bits per heavy atom. The van der Waals surface area contributed by atoms with Crippen molar-refractivity contribution in [1.82, 2.24) is 15.0 Å². The third-order valence-electron chi connectivity index (χ3n) is 4.18. The lowest BCUT2D eigenvalue weighted by Crippen LogP contribution is -2.16. The molecule has 2 aromatic carbocycles. The van der Waals surface area contributed by atoms with E-state index in [9.17, 15) is 0 Å². The maximum absolute atomic E-state index is 6.20. The first-order valence-electron chi connectivity index (χ1n) is 10.4. The summed E-state index contributed by atoms with van der Waals surface area (Å²) in [6.07, 6.45) is 0. The van der Waals surface area contributed by atoms with E-state index in [1.165, 1.54) is 0 Å². The van der Waals surface area contributed by atoms with Gasteiger partial charge in [0.05, 0.1) is 13.2 Å². The molecular weight excluding hydrogens is 410 g/mol. The number of rotatable bonds is 6. The Bertz CT molecular complexity index is 925. The second kappa shape index (κ2) is 9.23. The number of ether oxygens (including phenoxy) is 2. The number of hydrogen-bond donors (Lipinski definition) is 0. The standard InChI is InChI=1S/C25H30ClN3O2/c1-24(2,3)15-30-19-11-7-17(8-12-19)21-27-22(29-23(26)28-21)18-9-13-20(14-10-18)31-16-25(4,5)6/h7-14H,15-16H2,1-6H3. The molecule has 3 rings (SSSR count). The van der Waals surface area contributed by atoms with Crippen molar-refractivity contribution < 1.29 is 9.47 Å². The molecule has 3 aromatic rings. The van der Waals surface area contributed by atoms with Crippen LogP contribution in [0.2, 0.25) is 5.28 Å². The molecule has 1 heterocycles. The second-order valence-electron chi connectivity index (χ2n) is 10.00. The average Bonchev–Trinajstić information content (AvgIpc) is 2.70. The highest BCUT2D eigenvalue weighted by atomic mass is 35.5. The van der Waals surface area contributed by atoms with Crippen molar-refractivity contribution in [2.75, 3.05) is 13.2 Å². The van der Waals surface area contributed by atoms with Crippen LogP contribution in [0.4, 0.5) is 0 Å². The highest BCUT2D eigenvalue weighted by molar-refractivity contribution is 6.28. The molecule has 1 aromatic heterocycles. The van der Waals surface area contributed by atoms with Gasteiger partial charge in [-0.25, -0.2) is 4.98 Å². The maximum Gasteiger partial charge on any atom is 0.226 e. The van der Waals surface area contributed by atoms with Crippen LogP contribution in [0.15, 0.2) is 48.5 Å². The summed E-state index contributed by atoms with van der Waals surface area (Å²) < 4.78 is 11.7. The molecule has 0 aliphatic heterocycles. The van der Waals surface area contributed by atoms with E-state index in [0.29, 0.717) is 24.9 Å². The zero-order chi connectivity index (χ0) is 22.6. The van der Waals surface area contributed by atoms with Crippen LogP contribution in [0, 0.1) is 10.8 Å². The Balaban J connectivity index is 1.77. The molecule has 0 saturated heterocycles. The SMILES string of the molecule is CC(C)(C)COc1ccc(-c2nc(Cl)nc(-c3ccc(OCC(C)(C)C)cc3)n2)cc1. The average molecular weight is 440 g/mol. The summed E-state index contributed by atoms with van der Waals surface area (Å²) in [5.41, 5.74) is 1.89. The van der Waals surface area contributed by atoms with Gasteiger partial charge in [-0.3, -0.25) is 0 Å². The molecule has 0 aliphatic rings. The molecular formula is C25H30ClN3O2. The summed E-state index contributed by atoms with van der Waals surface area (Å²) in [6.45, 7) is 14.1. The zero-order valence-electron chi connectivity index (χ0n) is 19.1.